The highest BCUT2D eigenvalue weighted by molar-refractivity contribution is 7.99. The van der Waals surface area contributed by atoms with Gasteiger partial charge in [0, 0.05) is 18.8 Å². The summed E-state index contributed by atoms with van der Waals surface area (Å²) in [5, 5.41) is 0. The maximum Gasteiger partial charge on any atom is 0.239 e. The summed E-state index contributed by atoms with van der Waals surface area (Å²) in [7, 11) is 1.89. The van der Waals surface area contributed by atoms with E-state index in [0.29, 0.717) is 12.0 Å². The van der Waals surface area contributed by atoms with Crippen molar-refractivity contribution in [1.82, 2.24) is 4.90 Å². The van der Waals surface area contributed by atoms with Crippen LogP contribution < -0.4 is 5.73 Å². The van der Waals surface area contributed by atoms with Crippen LogP contribution in [-0.4, -0.2) is 41.4 Å². The summed E-state index contributed by atoms with van der Waals surface area (Å²) in [4.78, 5) is 13.8. The second-order valence-electron chi connectivity index (χ2n) is 4.70. The molecule has 1 aliphatic heterocycles. The number of amides is 1. The zero-order valence-electron chi connectivity index (χ0n) is 9.90. The van der Waals surface area contributed by atoms with Crippen molar-refractivity contribution >= 4 is 17.7 Å². The van der Waals surface area contributed by atoms with Gasteiger partial charge >= 0.3 is 0 Å². The van der Waals surface area contributed by atoms with Crippen LogP contribution in [0.5, 0.6) is 0 Å². The van der Waals surface area contributed by atoms with Crippen LogP contribution in [0.4, 0.5) is 0 Å². The van der Waals surface area contributed by atoms with Crippen molar-refractivity contribution < 1.29 is 4.79 Å². The van der Waals surface area contributed by atoms with E-state index in [-0.39, 0.29) is 11.9 Å². The molecule has 1 fully saturated rings. The van der Waals surface area contributed by atoms with Crippen LogP contribution in [0, 0.1) is 5.92 Å². The summed E-state index contributed by atoms with van der Waals surface area (Å²) in [6.45, 7) is 4.19. The van der Waals surface area contributed by atoms with Gasteiger partial charge in [0.2, 0.25) is 5.91 Å². The highest BCUT2D eigenvalue weighted by Gasteiger charge is 2.27. The van der Waals surface area contributed by atoms with Crippen LogP contribution in [-0.2, 0) is 4.79 Å². The minimum absolute atomic E-state index is 0.108. The number of carbonyl (C=O) groups is 1. The Balaban J connectivity index is 2.43. The Kier molecular flexibility index (Phi) is 4.93. The number of nitrogens with two attached hydrogens (primary N) is 1. The molecule has 1 rings (SSSR count). The average molecular weight is 230 g/mol. The van der Waals surface area contributed by atoms with Crippen molar-refractivity contribution in [3.05, 3.63) is 0 Å². The van der Waals surface area contributed by atoms with Gasteiger partial charge in [-0.2, -0.15) is 11.8 Å². The van der Waals surface area contributed by atoms with Gasteiger partial charge in [-0.05, 0) is 24.5 Å². The van der Waals surface area contributed by atoms with E-state index in [1.165, 1.54) is 5.75 Å². The van der Waals surface area contributed by atoms with Crippen LogP contribution in [0.2, 0.25) is 0 Å². The molecule has 0 aromatic carbocycles. The van der Waals surface area contributed by atoms with Crippen LogP contribution in [0.25, 0.3) is 0 Å². The van der Waals surface area contributed by atoms with Crippen LogP contribution in [0.1, 0.15) is 26.7 Å². The molecule has 88 valence electrons. The van der Waals surface area contributed by atoms with Crippen molar-refractivity contribution in [3.8, 4) is 0 Å². The summed E-state index contributed by atoms with van der Waals surface area (Å²) in [6.07, 6.45) is 1.89. The first-order valence-corrected chi connectivity index (χ1v) is 6.77. The maximum atomic E-state index is 12.0. The third kappa shape index (κ3) is 3.68. The summed E-state index contributed by atoms with van der Waals surface area (Å²) < 4.78 is 0. The Labute approximate surface area is 96.8 Å². The summed E-state index contributed by atoms with van der Waals surface area (Å²) in [6, 6.07) is 0.0845. The van der Waals surface area contributed by atoms with E-state index >= 15 is 0 Å². The van der Waals surface area contributed by atoms with Crippen molar-refractivity contribution in [2.24, 2.45) is 11.7 Å². The topological polar surface area (TPSA) is 46.3 Å². The van der Waals surface area contributed by atoms with E-state index in [1.807, 2.05) is 23.7 Å². The van der Waals surface area contributed by atoms with Gasteiger partial charge in [-0.1, -0.05) is 13.8 Å². The number of thioether (sulfide) groups is 1. The molecule has 0 radical (unpaired) electrons. The lowest BCUT2D eigenvalue weighted by Crippen LogP contribution is -2.47. The Morgan fingerprint density at radius 2 is 2.27 bits per heavy atom. The minimum atomic E-state index is -0.319. The van der Waals surface area contributed by atoms with Crippen molar-refractivity contribution in [3.63, 3.8) is 0 Å². The van der Waals surface area contributed by atoms with Crippen molar-refractivity contribution in [1.29, 1.82) is 0 Å². The molecular weight excluding hydrogens is 208 g/mol. The van der Waals surface area contributed by atoms with E-state index in [4.69, 9.17) is 5.73 Å². The molecule has 1 heterocycles. The fourth-order valence-corrected chi connectivity index (χ4v) is 3.15. The molecule has 0 aliphatic carbocycles. The van der Waals surface area contributed by atoms with Crippen LogP contribution in [0.15, 0.2) is 0 Å². The summed E-state index contributed by atoms with van der Waals surface area (Å²) in [5.41, 5.74) is 5.89. The molecule has 4 heteroatoms. The van der Waals surface area contributed by atoms with E-state index in [9.17, 15) is 4.79 Å². The highest BCUT2D eigenvalue weighted by Crippen LogP contribution is 2.22. The predicted molar refractivity (Wildman–Crippen MR) is 65.9 cm³/mol. The molecule has 0 unspecified atom stereocenters. The zero-order chi connectivity index (χ0) is 11.4. The normalized spacial score (nSPS) is 23.1. The summed E-state index contributed by atoms with van der Waals surface area (Å²) >= 11 is 1.92. The molecule has 2 N–H and O–H groups in total. The highest BCUT2D eigenvalue weighted by atomic mass is 32.2. The van der Waals surface area contributed by atoms with Gasteiger partial charge in [0.25, 0.3) is 0 Å². The maximum absolute atomic E-state index is 12.0. The molecule has 1 amide bonds. The Bertz CT molecular complexity index is 215. The van der Waals surface area contributed by atoms with Crippen molar-refractivity contribution in [2.75, 3.05) is 18.6 Å². The largest absolute Gasteiger partial charge is 0.341 e. The SMILES string of the molecule is CC(C)C[C@@H](N)C(=O)N(C)[C@H]1CCSC1. The first kappa shape index (κ1) is 12.8. The number of hydrogen-bond donors (Lipinski definition) is 1. The molecule has 15 heavy (non-hydrogen) atoms. The van der Waals surface area contributed by atoms with E-state index in [2.05, 4.69) is 13.8 Å². The fourth-order valence-electron chi connectivity index (χ4n) is 1.88. The van der Waals surface area contributed by atoms with E-state index in [0.717, 1.165) is 18.6 Å². The molecule has 0 aromatic heterocycles. The number of nitrogens with zero attached hydrogens (tertiary/aromatic N) is 1. The third-order valence-electron chi connectivity index (χ3n) is 2.84. The zero-order valence-corrected chi connectivity index (χ0v) is 10.7. The Morgan fingerprint density at radius 3 is 2.73 bits per heavy atom. The van der Waals surface area contributed by atoms with E-state index in [1.54, 1.807) is 0 Å². The van der Waals surface area contributed by atoms with Crippen LogP contribution in [0.3, 0.4) is 0 Å². The monoisotopic (exact) mass is 230 g/mol. The van der Waals surface area contributed by atoms with Gasteiger partial charge in [-0.25, -0.2) is 0 Å². The molecule has 1 saturated heterocycles. The molecule has 0 bridgehead atoms. The standard InChI is InChI=1S/C11H22N2OS/c1-8(2)6-10(12)11(14)13(3)9-4-5-15-7-9/h8-10H,4-7,12H2,1-3H3/t9-,10+/m0/s1. The molecule has 1 aliphatic rings. The first-order valence-electron chi connectivity index (χ1n) is 5.62. The first-order chi connectivity index (χ1) is 7.02. The molecule has 0 aromatic rings. The lowest BCUT2D eigenvalue weighted by atomic mass is 10.0. The second-order valence-corrected chi connectivity index (χ2v) is 5.85. The lowest BCUT2D eigenvalue weighted by molar-refractivity contribution is -0.133. The Morgan fingerprint density at radius 1 is 1.60 bits per heavy atom. The number of likely N-dealkylation sites (N-methyl/N-ethyl adjacent to an activating group) is 1. The lowest BCUT2D eigenvalue weighted by Gasteiger charge is -2.27. The van der Waals surface area contributed by atoms with Gasteiger partial charge < -0.3 is 10.6 Å². The number of rotatable bonds is 4. The van der Waals surface area contributed by atoms with Gasteiger partial charge in [0.05, 0.1) is 6.04 Å². The molecular formula is C11H22N2OS. The summed E-state index contributed by atoms with van der Waals surface area (Å²) in [5.74, 6) is 2.82. The molecule has 2 atom stereocenters. The predicted octanol–water partition coefficient (Wildman–Crippen LogP) is 1.32. The van der Waals surface area contributed by atoms with Gasteiger partial charge in [-0.3, -0.25) is 4.79 Å². The van der Waals surface area contributed by atoms with Gasteiger partial charge in [0.15, 0.2) is 0 Å². The van der Waals surface area contributed by atoms with Crippen molar-refractivity contribution in [2.45, 2.75) is 38.8 Å². The van der Waals surface area contributed by atoms with Gasteiger partial charge in [-0.15, -0.1) is 0 Å². The second kappa shape index (κ2) is 5.75. The minimum Gasteiger partial charge on any atom is -0.341 e. The molecule has 0 spiro atoms. The molecule has 0 saturated carbocycles. The smallest absolute Gasteiger partial charge is 0.239 e. The van der Waals surface area contributed by atoms with E-state index < -0.39 is 0 Å². The van der Waals surface area contributed by atoms with Gasteiger partial charge in [0.1, 0.15) is 0 Å². The fraction of sp³-hybridized carbons (Fsp3) is 0.909. The molecule has 3 nitrogen and oxygen atoms in total. The average Bonchev–Trinajstić information content (AvgIpc) is 2.67. The van der Waals surface area contributed by atoms with Crippen LogP contribution >= 0.6 is 11.8 Å². The quantitative estimate of drug-likeness (QED) is 0.792. The third-order valence-corrected chi connectivity index (χ3v) is 3.99. The Hall–Kier alpha value is -0.220. The number of carbonyl (C=O) groups excluding carboxylic acids is 1. The number of hydrogen-bond acceptors (Lipinski definition) is 3.